The van der Waals surface area contributed by atoms with Crippen LogP contribution in [0.3, 0.4) is 0 Å². The summed E-state index contributed by atoms with van der Waals surface area (Å²) >= 11 is 1.13. The fourth-order valence-corrected chi connectivity index (χ4v) is 3.00. The van der Waals surface area contributed by atoms with Crippen LogP contribution in [0.4, 0.5) is 5.69 Å². The molecular formula is C19H19N3O4S. The fraction of sp³-hybridized carbons (Fsp3) is 0.263. The van der Waals surface area contributed by atoms with Gasteiger partial charge in [-0.1, -0.05) is 11.8 Å². The Morgan fingerprint density at radius 2 is 2.00 bits per heavy atom. The normalized spacial score (nSPS) is 10.0. The number of esters is 1. The molecule has 0 radical (unpaired) electrons. The van der Waals surface area contributed by atoms with Gasteiger partial charge in [-0.25, -0.2) is 9.78 Å². The number of methoxy groups -OCH3 is 1. The molecule has 2 aromatic rings. The van der Waals surface area contributed by atoms with Crippen molar-refractivity contribution < 1.29 is 19.1 Å². The minimum Gasteiger partial charge on any atom is -0.497 e. The lowest BCUT2D eigenvalue weighted by molar-refractivity contribution is -0.113. The Balaban J connectivity index is 2.05. The Morgan fingerprint density at radius 1 is 1.30 bits per heavy atom. The molecule has 8 heteroatoms. The van der Waals surface area contributed by atoms with E-state index >= 15 is 0 Å². The Morgan fingerprint density at radius 3 is 2.59 bits per heavy atom. The van der Waals surface area contributed by atoms with Crippen LogP contribution in [0, 0.1) is 18.3 Å². The van der Waals surface area contributed by atoms with Crippen molar-refractivity contribution in [3.8, 4) is 11.8 Å². The number of anilines is 1. The molecule has 0 saturated heterocycles. The summed E-state index contributed by atoms with van der Waals surface area (Å²) < 4.78 is 10.0. The third kappa shape index (κ3) is 5.46. The summed E-state index contributed by atoms with van der Waals surface area (Å²) in [6.45, 7) is 3.61. The van der Waals surface area contributed by atoms with Gasteiger partial charge in [0.1, 0.15) is 16.8 Å². The Kier molecular flexibility index (Phi) is 7.20. The Bertz CT molecular complexity index is 876. The van der Waals surface area contributed by atoms with Crippen molar-refractivity contribution in [3.63, 3.8) is 0 Å². The van der Waals surface area contributed by atoms with Gasteiger partial charge in [-0.15, -0.1) is 0 Å². The molecule has 27 heavy (non-hydrogen) atoms. The predicted octanol–water partition coefficient (Wildman–Crippen LogP) is 3.18. The van der Waals surface area contributed by atoms with Gasteiger partial charge in [0.2, 0.25) is 5.91 Å². The summed E-state index contributed by atoms with van der Waals surface area (Å²) in [4.78, 5) is 28.3. The molecule has 1 aromatic carbocycles. The van der Waals surface area contributed by atoms with Crippen LogP contribution in [-0.4, -0.2) is 36.3 Å². The molecule has 1 aromatic heterocycles. The molecule has 1 heterocycles. The van der Waals surface area contributed by atoms with E-state index in [-0.39, 0.29) is 29.4 Å². The predicted molar refractivity (Wildman–Crippen MR) is 102 cm³/mol. The molecule has 0 fully saturated rings. The van der Waals surface area contributed by atoms with Gasteiger partial charge in [-0.05, 0) is 44.2 Å². The first kappa shape index (κ1) is 20.3. The second kappa shape index (κ2) is 9.59. The van der Waals surface area contributed by atoms with Crippen LogP contribution < -0.4 is 10.1 Å². The van der Waals surface area contributed by atoms with E-state index in [2.05, 4.69) is 10.3 Å². The zero-order valence-electron chi connectivity index (χ0n) is 15.2. The zero-order valence-corrected chi connectivity index (χ0v) is 16.1. The number of aryl methyl sites for hydroxylation is 1. The highest BCUT2D eigenvalue weighted by Gasteiger charge is 2.17. The van der Waals surface area contributed by atoms with Gasteiger partial charge in [0.05, 0.1) is 36.3 Å². The van der Waals surface area contributed by atoms with E-state index in [9.17, 15) is 14.9 Å². The third-order valence-corrected chi connectivity index (χ3v) is 4.50. The van der Waals surface area contributed by atoms with Gasteiger partial charge in [0.15, 0.2) is 0 Å². The molecule has 0 unspecified atom stereocenters. The van der Waals surface area contributed by atoms with Crippen LogP contribution in [0.5, 0.6) is 5.75 Å². The number of pyridine rings is 1. The SMILES string of the molecule is CCOC(=O)c1cc(C#N)c(SCC(=O)Nc2ccc(OC)cc2)nc1C. The molecule has 140 valence electrons. The average molecular weight is 385 g/mol. The van der Waals surface area contributed by atoms with Crippen molar-refractivity contribution in [3.05, 3.63) is 47.2 Å². The van der Waals surface area contributed by atoms with E-state index < -0.39 is 5.97 Å². The van der Waals surface area contributed by atoms with Crippen LogP contribution in [0.15, 0.2) is 35.4 Å². The van der Waals surface area contributed by atoms with Gasteiger partial charge in [-0.3, -0.25) is 4.79 Å². The van der Waals surface area contributed by atoms with E-state index in [1.807, 2.05) is 6.07 Å². The summed E-state index contributed by atoms with van der Waals surface area (Å²) in [6.07, 6.45) is 0. The first-order valence-corrected chi connectivity index (χ1v) is 9.12. The van der Waals surface area contributed by atoms with Crippen LogP contribution in [0.1, 0.15) is 28.5 Å². The minimum absolute atomic E-state index is 0.0753. The number of thioether (sulfide) groups is 1. The molecule has 0 bridgehead atoms. The van der Waals surface area contributed by atoms with E-state index in [0.717, 1.165) is 11.8 Å². The zero-order chi connectivity index (χ0) is 19.8. The molecule has 0 saturated carbocycles. The number of nitrogens with one attached hydrogen (secondary N) is 1. The maximum atomic E-state index is 12.1. The largest absolute Gasteiger partial charge is 0.497 e. The summed E-state index contributed by atoms with van der Waals surface area (Å²) in [5.41, 5.74) is 1.57. The maximum absolute atomic E-state index is 12.1. The number of carbonyl (C=O) groups excluding carboxylic acids is 2. The van der Waals surface area contributed by atoms with E-state index in [0.29, 0.717) is 22.2 Å². The molecule has 1 amide bonds. The number of rotatable bonds is 7. The van der Waals surface area contributed by atoms with Crippen LogP contribution in [-0.2, 0) is 9.53 Å². The number of ether oxygens (including phenoxy) is 2. The molecule has 0 atom stereocenters. The molecular weight excluding hydrogens is 366 g/mol. The smallest absolute Gasteiger partial charge is 0.340 e. The van der Waals surface area contributed by atoms with Crippen molar-refractivity contribution in [2.24, 2.45) is 0 Å². The lowest BCUT2D eigenvalue weighted by atomic mass is 10.1. The van der Waals surface area contributed by atoms with Crippen molar-refractivity contribution in [2.45, 2.75) is 18.9 Å². The van der Waals surface area contributed by atoms with E-state index in [4.69, 9.17) is 9.47 Å². The highest BCUT2D eigenvalue weighted by Crippen LogP contribution is 2.24. The lowest BCUT2D eigenvalue weighted by Gasteiger charge is -2.09. The third-order valence-electron chi connectivity index (χ3n) is 3.51. The number of benzene rings is 1. The van der Waals surface area contributed by atoms with Crippen LogP contribution >= 0.6 is 11.8 Å². The number of aromatic nitrogens is 1. The van der Waals surface area contributed by atoms with Gasteiger partial charge >= 0.3 is 5.97 Å². The fourth-order valence-electron chi connectivity index (χ4n) is 2.19. The van der Waals surface area contributed by atoms with Crippen molar-refractivity contribution >= 4 is 29.3 Å². The topological polar surface area (TPSA) is 101 Å². The van der Waals surface area contributed by atoms with Gasteiger partial charge in [0, 0.05) is 5.69 Å². The quantitative estimate of drug-likeness (QED) is 0.577. The van der Waals surface area contributed by atoms with Crippen molar-refractivity contribution in [1.82, 2.24) is 4.98 Å². The van der Waals surface area contributed by atoms with Gasteiger partial charge < -0.3 is 14.8 Å². The molecule has 1 N–H and O–H groups in total. The summed E-state index contributed by atoms with van der Waals surface area (Å²) in [6, 6.07) is 10.4. The molecule has 0 aliphatic rings. The number of hydrogen-bond acceptors (Lipinski definition) is 7. The molecule has 0 spiro atoms. The van der Waals surface area contributed by atoms with Gasteiger partial charge in [0.25, 0.3) is 0 Å². The Labute approximate surface area is 161 Å². The van der Waals surface area contributed by atoms with Gasteiger partial charge in [-0.2, -0.15) is 5.26 Å². The summed E-state index contributed by atoms with van der Waals surface area (Å²) in [5.74, 6) is 0.0181. The molecule has 2 rings (SSSR count). The van der Waals surface area contributed by atoms with Crippen molar-refractivity contribution in [2.75, 3.05) is 24.8 Å². The molecule has 0 aliphatic carbocycles. The highest BCUT2D eigenvalue weighted by molar-refractivity contribution is 8.00. The Hall–Kier alpha value is -3.05. The first-order valence-electron chi connectivity index (χ1n) is 8.14. The number of amides is 1. The maximum Gasteiger partial charge on any atom is 0.340 e. The lowest BCUT2D eigenvalue weighted by Crippen LogP contribution is -2.14. The number of nitriles is 1. The summed E-state index contributed by atoms with van der Waals surface area (Å²) in [5, 5.41) is 12.5. The van der Waals surface area contributed by atoms with Crippen LogP contribution in [0.2, 0.25) is 0 Å². The molecule has 7 nitrogen and oxygen atoms in total. The molecule has 0 aliphatic heterocycles. The standard InChI is InChI=1S/C19H19N3O4S/c1-4-26-19(24)16-9-13(10-20)18(21-12(16)2)27-11-17(23)22-14-5-7-15(25-3)8-6-14/h5-9H,4,11H2,1-3H3,(H,22,23). The number of hydrogen-bond donors (Lipinski definition) is 1. The van der Waals surface area contributed by atoms with E-state index in [1.54, 1.807) is 45.2 Å². The highest BCUT2D eigenvalue weighted by atomic mass is 32.2. The second-order valence-electron chi connectivity index (χ2n) is 5.37. The monoisotopic (exact) mass is 385 g/mol. The summed E-state index contributed by atoms with van der Waals surface area (Å²) in [7, 11) is 1.57. The number of nitrogens with zero attached hydrogens (tertiary/aromatic N) is 2. The van der Waals surface area contributed by atoms with Crippen molar-refractivity contribution in [1.29, 1.82) is 5.26 Å². The average Bonchev–Trinajstić information content (AvgIpc) is 2.67. The minimum atomic E-state index is -0.521. The second-order valence-corrected chi connectivity index (χ2v) is 6.34. The number of carbonyl (C=O) groups is 2. The first-order chi connectivity index (χ1) is 13.0. The van der Waals surface area contributed by atoms with E-state index in [1.165, 1.54) is 6.07 Å². The van der Waals surface area contributed by atoms with Crippen LogP contribution in [0.25, 0.3) is 0 Å².